The Morgan fingerprint density at radius 3 is 2.53 bits per heavy atom. The molecule has 0 aromatic heterocycles. The van der Waals surface area contributed by atoms with Crippen LogP contribution in [0.25, 0.3) is 0 Å². The van der Waals surface area contributed by atoms with Crippen molar-refractivity contribution in [2.75, 3.05) is 18.8 Å². The molecule has 1 aliphatic heterocycles. The van der Waals surface area contributed by atoms with Crippen LogP contribution < -0.4 is 5.73 Å². The highest BCUT2D eigenvalue weighted by Crippen LogP contribution is 2.45. The van der Waals surface area contributed by atoms with Gasteiger partial charge in [0.2, 0.25) is 5.91 Å². The normalized spacial score (nSPS) is 33.1. The van der Waals surface area contributed by atoms with Crippen molar-refractivity contribution in [2.24, 2.45) is 23.0 Å². The molecular formula is C15H28N2OS. The van der Waals surface area contributed by atoms with Gasteiger partial charge in [-0.2, -0.15) is 12.6 Å². The molecule has 1 amide bonds. The van der Waals surface area contributed by atoms with E-state index in [1.54, 1.807) is 0 Å². The summed E-state index contributed by atoms with van der Waals surface area (Å²) in [6.45, 7) is 5.88. The Kier molecular flexibility index (Phi) is 4.83. The fourth-order valence-corrected chi connectivity index (χ4v) is 3.86. The van der Waals surface area contributed by atoms with Crippen LogP contribution in [0.5, 0.6) is 0 Å². The maximum absolute atomic E-state index is 12.3. The summed E-state index contributed by atoms with van der Waals surface area (Å²) in [7, 11) is 0. The van der Waals surface area contributed by atoms with Gasteiger partial charge in [-0.1, -0.05) is 13.8 Å². The van der Waals surface area contributed by atoms with Crippen LogP contribution in [-0.2, 0) is 4.79 Å². The maximum atomic E-state index is 12.3. The molecule has 0 radical (unpaired) electrons. The van der Waals surface area contributed by atoms with Gasteiger partial charge in [0.1, 0.15) is 0 Å². The van der Waals surface area contributed by atoms with Crippen LogP contribution in [0.2, 0.25) is 0 Å². The van der Waals surface area contributed by atoms with Crippen molar-refractivity contribution in [3.8, 4) is 0 Å². The molecule has 2 aliphatic rings. The summed E-state index contributed by atoms with van der Waals surface area (Å²) in [5.74, 6) is 2.18. The van der Waals surface area contributed by atoms with E-state index in [2.05, 4.69) is 12.6 Å². The van der Waals surface area contributed by atoms with E-state index in [-0.39, 0.29) is 17.9 Å². The van der Waals surface area contributed by atoms with E-state index < -0.39 is 0 Å². The van der Waals surface area contributed by atoms with Crippen molar-refractivity contribution in [1.82, 2.24) is 4.90 Å². The lowest BCUT2D eigenvalue weighted by molar-refractivity contribution is -0.133. The van der Waals surface area contributed by atoms with Gasteiger partial charge in [0, 0.05) is 13.1 Å². The van der Waals surface area contributed by atoms with Crippen LogP contribution in [0.15, 0.2) is 0 Å². The molecule has 0 aromatic rings. The van der Waals surface area contributed by atoms with Crippen LogP contribution in [0, 0.1) is 17.3 Å². The molecule has 1 saturated heterocycles. The van der Waals surface area contributed by atoms with E-state index in [0.717, 1.165) is 24.8 Å². The zero-order chi connectivity index (χ0) is 14.0. The van der Waals surface area contributed by atoms with Gasteiger partial charge in [-0.15, -0.1) is 0 Å². The molecular weight excluding hydrogens is 256 g/mol. The molecule has 1 atom stereocenters. The molecule has 4 heteroatoms. The molecule has 0 bridgehead atoms. The first-order chi connectivity index (χ1) is 8.97. The molecule has 19 heavy (non-hydrogen) atoms. The summed E-state index contributed by atoms with van der Waals surface area (Å²) in [6.07, 6.45) is 6.25. The van der Waals surface area contributed by atoms with Gasteiger partial charge in [0.25, 0.3) is 0 Å². The van der Waals surface area contributed by atoms with Crippen molar-refractivity contribution in [3.63, 3.8) is 0 Å². The molecule has 1 heterocycles. The van der Waals surface area contributed by atoms with E-state index in [1.807, 2.05) is 18.7 Å². The molecule has 3 nitrogen and oxygen atoms in total. The second-order valence-electron chi connectivity index (χ2n) is 6.91. The Hall–Kier alpha value is -0.220. The molecule has 1 saturated carbocycles. The van der Waals surface area contributed by atoms with Gasteiger partial charge in [-0.05, 0) is 55.1 Å². The highest BCUT2D eigenvalue weighted by atomic mass is 32.1. The van der Waals surface area contributed by atoms with Crippen molar-refractivity contribution >= 4 is 18.5 Å². The van der Waals surface area contributed by atoms with Gasteiger partial charge in [0.15, 0.2) is 0 Å². The fraction of sp³-hybridized carbons (Fsp3) is 0.933. The smallest absolute Gasteiger partial charge is 0.239 e. The predicted octanol–water partition coefficient (Wildman–Crippen LogP) is 2.31. The summed E-state index contributed by atoms with van der Waals surface area (Å²) in [5.41, 5.74) is 6.39. The molecule has 0 unspecified atom stereocenters. The number of hydrogen-bond donors (Lipinski definition) is 2. The number of amides is 1. The second kappa shape index (κ2) is 6.04. The van der Waals surface area contributed by atoms with E-state index >= 15 is 0 Å². The fourth-order valence-electron chi connectivity index (χ4n) is 3.50. The van der Waals surface area contributed by atoms with E-state index in [0.29, 0.717) is 5.41 Å². The number of hydrogen-bond acceptors (Lipinski definition) is 3. The summed E-state index contributed by atoms with van der Waals surface area (Å²) in [5, 5.41) is 0. The zero-order valence-electron chi connectivity index (χ0n) is 12.3. The highest BCUT2D eigenvalue weighted by molar-refractivity contribution is 7.80. The topological polar surface area (TPSA) is 46.3 Å². The lowest BCUT2D eigenvalue weighted by atomic mass is 9.70. The number of rotatable bonds is 3. The first-order valence-electron chi connectivity index (χ1n) is 7.63. The van der Waals surface area contributed by atoms with E-state index in [1.165, 1.54) is 32.1 Å². The molecule has 110 valence electrons. The summed E-state index contributed by atoms with van der Waals surface area (Å²) in [4.78, 5) is 14.3. The first kappa shape index (κ1) is 15.2. The molecule has 2 rings (SSSR count). The van der Waals surface area contributed by atoms with Crippen molar-refractivity contribution in [2.45, 2.75) is 52.0 Å². The van der Waals surface area contributed by atoms with E-state index in [9.17, 15) is 4.79 Å². The Bertz CT molecular complexity index is 324. The van der Waals surface area contributed by atoms with Crippen LogP contribution >= 0.6 is 12.6 Å². The monoisotopic (exact) mass is 284 g/mol. The Morgan fingerprint density at radius 2 is 2.00 bits per heavy atom. The zero-order valence-corrected chi connectivity index (χ0v) is 13.2. The average Bonchev–Trinajstić information content (AvgIpc) is 2.82. The number of carbonyl (C=O) groups excluding carboxylic acids is 1. The summed E-state index contributed by atoms with van der Waals surface area (Å²) in [6, 6.07) is -0.330. The van der Waals surface area contributed by atoms with Crippen molar-refractivity contribution < 1.29 is 4.79 Å². The Labute approximate surface area is 122 Å². The summed E-state index contributed by atoms with van der Waals surface area (Å²) >= 11 is 4.41. The van der Waals surface area contributed by atoms with Crippen LogP contribution in [0.1, 0.15) is 46.0 Å². The van der Waals surface area contributed by atoms with Crippen LogP contribution in [-0.4, -0.2) is 35.7 Å². The van der Waals surface area contributed by atoms with Gasteiger partial charge in [-0.3, -0.25) is 4.79 Å². The highest BCUT2D eigenvalue weighted by Gasteiger charge is 2.42. The Balaban J connectivity index is 1.91. The molecule has 1 spiro atoms. The van der Waals surface area contributed by atoms with Crippen LogP contribution in [0.4, 0.5) is 0 Å². The number of thiol groups is 1. The lowest BCUT2D eigenvalue weighted by Gasteiger charge is -2.37. The standard InChI is InChI=1S/C15H28N2OS/c1-11(2)13(16)14(18)17-8-7-15(10-17)5-3-12(9-19)4-6-15/h11-13,19H,3-10,16H2,1-2H3/t12?,13-,15?/m0/s1. The minimum atomic E-state index is -0.330. The Morgan fingerprint density at radius 1 is 1.37 bits per heavy atom. The average molecular weight is 284 g/mol. The maximum Gasteiger partial charge on any atom is 0.239 e. The lowest BCUT2D eigenvalue weighted by Crippen LogP contribution is -2.46. The largest absolute Gasteiger partial charge is 0.341 e. The van der Waals surface area contributed by atoms with Gasteiger partial charge in [0.05, 0.1) is 6.04 Å². The van der Waals surface area contributed by atoms with Crippen molar-refractivity contribution in [1.29, 1.82) is 0 Å². The molecule has 2 fully saturated rings. The number of nitrogens with zero attached hydrogens (tertiary/aromatic N) is 1. The van der Waals surface area contributed by atoms with Gasteiger partial charge in [-0.25, -0.2) is 0 Å². The van der Waals surface area contributed by atoms with E-state index in [4.69, 9.17) is 5.73 Å². The number of nitrogens with two attached hydrogens (primary N) is 1. The number of carbonyl (C=O) groups is 1. The third-order valence-electron chi connectivity index (χ3n) is 5.18. The van der Waals surface area contributed by atoms with Gasteiger partial charge >= 0.3 is 0 Å². The van der Waals surface area contributed by atoms with Crippen molar-refractivity contribution in [3.05, 3.63) is 0 Å². The van der Waals surface area contributed by atoms with Crippen LogP contribution in [0.3, 0.4) is 0 Å². The first-order valence-corrected chi connectivity index (χ1v) is 8.26. The minimum absolute atomic E-state index is 0.156. The van der Waals surface area contributed by atoms with Gasteiger partial charge < -0.3 is 10.6 Å². The molecule has 0 aromatic carbocycles. The SMILES string of the molecule is CC(C)[C@H](N)C(=O)N1CCC2(CCC(CS)CC2)C1. The minimum Gasteiger partial charge on any atom is -0.341 e. The third-order valence-corrected chi connectivity index (χ3v) is 5.69. The second-order valence-corrected chi connectivity index (χ2v) is 7.27. The predicted molar refractivity (Wildman–Crippen MR) is 82.3 cm³/mol. The molecule has 2 N–H and O–H groups in total. The summed E-state index contributed by atoms with van der Waals surface area (Å²) < 4.78 is 0. The quantitative estimate of drug-likeness (QED) is 0.781. The third kappa shape index (κ3) is 3.27. The molecule has 1 aliphatic carbocycles. The number of likely N-dealkylation sites (tertiary alicyclic amines) is 1.